The molecule has 1 amide bonds. The molecule has 1 aromatic rings. The number of anilines is 1. The van der Waals surface area contributed by atoms with Gasteiger partial charge in [-0.05, 0) is 18.6 Å². The summed E-state index contributed by atoms with van der Waals surface area (Å²) in [6.07, 6.45) is 0.304. The van der Waals surface area contributed by atoms with E-state index in [2.05, 4.69) is 0 Å². The van der Waals surface area contributed by atoms with E-state index < -0.39 is 12.0 Å². The maximum Gasteiger partial charge on any atom is 0.305 e. The molecule has 2 rings (SSSR count). The van der Waals surface area contributed by atoms with Crippen LogP contribution in [0.4, 0.5) is 5.69 Å². The molecule has 1 aromatic carbocycles. The van der Waals surface area contributed by atoms with Gasteiger partial charge in [-0.2, -0.15) is 0 Å². The fraction of sp³-hybridized carbons (Fsp3) is 0.385. The molecule has 6 heteroatoms. The first-order valence-electron chi connectivity index (χ1n) is 6.10. The minimum absolute atomic E-state index is 0.377. The molecule has 0 saturated carbocycles. The van der Waals surface area contributed by atoms with Gasteiger partial charge in [-0.1, -0.05) is 12.1 Å². The molecule has 0 aliphatic carbocycles. The van der Waals surface area contributed by atoms with Crippen molar-refractivity contribution < 1.29 is 19.4 Å². The van der Waals surface area contributed by atoms with Gasteiger partial charge in [0.2, 0.25) is 5.91 Å². The lowest BCUT2D eigenvalue weighted by molar-refractivity contribution is -0.139. The molecule has 0 spiro atoms. The van der Waals surface area contributed by atoms with Gasteiger partial charge in [-0.25, -0.2) is 0 Å². The number of benzene rings is 1. The number of carbonyl (C=O) groups excluding carboxylic acids is 1. The van der Waals surface area contributed by atoms with Crippen LogP contribution in [0.2, 0.25) is 0 Å². The third-order valence-electron chi connectivity index (χ3n) is 2.92. The normalized spacial score (nSPS) is 15.9. The van der Waals surface area contributed by atoms with Crippen molar-refractivity contribution >= 4 is 17.6 Å². The first kappa shape index (κ1) is 13.4. The second-order valence-corrected chi connectivity index (χ2v) is 4.36. The predicted molar refractivity (Wildman–Crippen MR) is 69.1 cm³/mol. The van der Waals surface area contributed by atoms with Gasteiger partial charge in [0.15, 0.2) is 0 Å². The maximum atomic E-state index is 12.2. The zero-order valence-electron chi connectivity index (χ0n) is 10.4. The van der Waals surface area contributed by atoms with Crippen LogP contribution in [0.5, 0.6) is 5.75 Å². The van der Waals surface area contributed by atoms with Crippen LogP contribution in [-0.4, -0.2) is 36.2 Å². The average Bonchev–Trinajstić information content (AvgIpc) is 2.59. The summed E-state index contributed by atoms with van der Waals surface area (Å²) in [5.41, 5.74) is 6.29. The van der Waals surface area contributed by atoms with Gasteiger partial charge in [-0.15, -0.1) is 0 Å². The summed E-state index contributed by atoms with van der Waals surface area (Å²) in [5, 5.41) is 8.71. The zero-order valence-corrected chi connectivity index (χ0v) is 10.4. The Bertz CT molecular complexity index is 489. The summed E-state index contributed by atoms with van der Waals surface area (Å²) in [5.74, 6) is -0.851. The standard InChI is InChI=1S/C13H16N2O4/c14-9(8-12(16)17)13(18)15-6-3-7-19-11-5-2-1-4-10(11)15/h1-2,4-5,9H,3,6-8,14H2,(H,16,17). The number of para-hydroxylation sites is 2. The highest BCUT2D eigenvalue weighted by atomic mass is 16.5. The molecule has 0 aromatic heterocycles. The molecule has 102 valence electrons. The lowest BCUT2D eigenvalue weighted by Crippen LogP contribution is -2.45. The van der Waals surface area contributed by atoms with Gasteiger partial charge < -0.3 is 20.5 Å². The van der Waals surface area contributed by atoms with E-state index in [0.29, 0.717) is 31.0 Å². The number of hydrogen-bond donors (Lipinski definition) is 2. The quantitative estimate of drug-likeness (QED) is 0.834. The molecule has 0 saturated heterocycles. The van der Waals surface area contributed by atoms with E-state index in [-0.39, 0.29) is 12.3 Å². The van der Waals surface area contributed by atoms with Crippen LogP contribution in [0.1, 0.15) is 12.8 Å². The van der Waals surface area contributed by atoms with Crippen molar-refractivity contribution in [1.82, 2.24) is 0 Å². The Hall–Kier alpha value is -2.08. The van der Waals surface area contributed by atoms with E-state index in [1.807, 2.05) is 6.07 Å². The second-order valence-electron chi connectivity index (χ2n) is 4.36. The van der Waals surface area contributed by atoms with Crippen LogP contribution in [0, 0.1) is 0 Å². The van der Waals surface area contributed by atoms with Crippen molar-refractivity contribution in [1.29, 1.82) is 0 Å². The number of hydrogen-bond acceptors (Lipinski definition) is 4. The maximum absolute atomic E-state index is 12.2. The molecular formula is C13H16N2O4. The lowest BCUT2D eigenvalue weighted by Gasteiger charge is -2.24. The predicted octanol–water partition coefficient (Wildman–Crippen LogP) is 0.604. The fourth-order valence-electron chi connectivity index (χ4n) is 2.03. The van der Waals surface area contributed by atoms with Crippen molar-refractivity contribution in [3.8, 4) is 5.75 Å². The van der Waals surface area contributed by atoms with E-state index in [4.69, 9.17) is 15.6 Å². The van der Waals surface area contributed by atoms with Crippen LogP contribution >= 0.6 is 0 Å². The zero-order chi connectivity index (χ0) is 13.8. The average molecular weight is 264 g/mol. The summed E-state index contributed by atoms with van der Waals surface area (Å²) < 4.78 is 5.54. The monoisotopic (exact) mass is 264 g/mol. The van der Waals surface area contributed by atoms with Crippen LogP contribution in [0.15, 0.2) is 24.3 Å². The summed E-state index contributed by atoms with van der Waals surface area (Å²) in [4.78, 5) is 24.4. The van der Waals surface area contributed by atoms with Gasteiger partial charge in [-0.3, -0.25) is 9.59 Å². The number of carboxylic acid groups (broad SMARTS) is 1. The molecule has 0 radical (unpaired) electrons. The molecule has 1 aliphatic rings. The Kier molecular flexibility index (Phi) is 4.01. The minimum atomic E-state index is -1.08. The highest BCUT2D eigenvalue weighted by molar-refractivity contribution is 5.99. The summed E-state index contributed by atoms with van der Waals surface area (Å²) in [6.45, 7) is 0.998. The van der Waals surface area contributed by atoms with Crippen molar-refractivity contribution in [2.24, 2.45) is 5.73 Å². The van der Waals surface area contributed by atoms with Crippen LogP contribution in [-0.2, 0) is 9.59 Å². The third-order valence-corrected chi connectivity index (χ3v) is 2.92. The first-order valence-corrected chi connectivity index (χ1v) is 6.10. The largest absolute Gasteiger partial charge is 0.491 e. The molecule has 6 nitrogen and oxygen atoms in total. The summed E-state index contributed by atoms with van der Waals surface area (Å²) >= 11 is 0. The number of nitrogens with zero attached hydrogens (tertiary/aromatic N) is 1. The minimum Gasteiger partial charge on any atom is -0.491 e. The Balaban J connectivity index is 2.24. The van der Waals surface area contributed by atoms with Crippen molar-refractivity contribution in [2.45, 2.75) is 18.9 Å². The molecule has 0 fully saturated rings. The topological polar surface area (TPSA) is 92.9 Å². The van der Waals surface area contributed by atoms with E-state index in [1.165, 1.54) is 4.90 Å². The van der Waals surface area contributed by atoms with Crippen molar-refractivity contribution in [3.05, 3.63) is 24.3 Å². The first-order chi connectivity index (χ1) is 9.09. The highest BCUT2D eigenvalue weighted by Gasteiger charge is 2.27. The van der Waals surface area contributed by atoms with Crippen LogP contribution in [0.3, 0.4) is 0 Å². The number of carbonyl (C=O) groups is 2. The summed E-state index contributed by atoms with van der Waals surface area (Å²) in [7, 11) is 0. The third kappa shape index (κ3) is 3.03. The highest BCUT2D eigenvalue weighted by Crippen LogP contribution is 2.30. The molecular weight excluding hydrogens is 248 g/mol. The number of amides is 1. The Morgan fingerprint density at radius 3 is 2.89 bits per heavy atom. The van der Waals surface area contributed by atoms with Crippen LogP contribution < -0.4 is 15.4 Å². The lowest BCUT2D eigenvalue weighted by atomic mass is 10.1. The molecule has 1 heterocycles. The number of fused-ring (bicyclic) bond motifs is 1. The molecule has 0 bridgehead atoms. The summed E-state index contributed by atoms with van der Waals surface area (Å²) in [6, 6.07) is 6.14. The van der Waals surface area contributed by atoms with E-state index >= 15 is 0 Å². The molecule has 1 atom stereocenters. The van der Waals surface area contributed by atoms with Gasteiger partial charge >= 0.3 is 5.97 Å². The molecule has 3 N–H and O–H groups in total. The van der Waals surface area contributed by atoms with Gasteiger partial charge in [0.1, 0.15) is 5.75 Å². The van der Waals surface area contributed by atoms with E-state index in [9.17, 15) is 9.59 Å². The smallest absolute Gasteiger partial charge is 0.305 e. The van der Waals surface area contributed by atoms with Crippen LogP contribution in [0.25, 0.3) is 0 Å². The van der Waals surface area contributed by atoms with Gasteiger partial charge in [0.05, 0.1) is 24.8 Å². The van der Waals surface area contributed by atoms with E-state index in [1.54, 1.807) is 18.2 Å². The number of rotatable bonds is 3. The Labute approximate surface area is 110 Å². The van der Waals surface area contributed by atoms with Crippen molar-refractivity contribution in [2.75, 3.05) is 18.1 Å². The molecule has 19 heavy (non-hydrogen) atoms. The fourth-order valence-corrected chi connectivity index (χ4v) is 2.03. The van der Waals surface area contributed by atoms with Gasteiger partial charge in [0, 0.05) is 6.54 Å². The Morgan fingerprint density at radius 1 is 1.42 bits per heavy atom. The number of carboxylic acids is 1. The number of nitrogens with two attached hydrogens (primary N) is 1. The van der Waals surface area contributed by atoms with Gasteiger partial charge in [0.25, 0.3) is 0 Å². The number of ether oxygens (including phenoxy) is 1. The Morgan fingerprint density at radius 2 is 2.16 bits per heavy atom. The van der Waals surface area contributed by atoms with Crippen molar-refractivity contribution in [3.63, 3.8) is 0 Å². The number of aliphatic carboxylic acids is 1. The second kappa shape index (κ2) is 5.71. The molecule has 1 unspecified atom stereocenters. The molecule has 1 aliphatic heterocycles. The SMILES string of the molecule is NC(CC(=O)O)C(=O)N1CCCOc2ccccc21. The van der Waals surface area contributed by atoms with E-state index in [0.717, 1.165) is 0 Å².